The van der Waals surface area contributed by atoms with Gasteiger partial charge < -0.3 is 21.1 Å². The first-order valence-electron chi connectivity index (χ1n) is 9.60. The van der Waals surface area contributed by atoms with Gasteiger partial charge in [-0.3, -0.25) is 4.79 Å². The Kier molecular flexibility index (Phi) is 5.95. The van der Waals surface area contributed by atoms with Crippen molar-refractivity contribution in [2.75, 3.05) is 25.1 Å². The normalized spacial score (nSPS) is 21.0. The second-order valence-electron chi connectivity index (χ2n) is 7.46. The first-order valence-corrected chi connectivity index (χ1v) is 11.3. The SMILES string of the molecule is CCS(=O)(=O)c1cc(C(=O)NC(CC2CC2)C2CCCN2)c(OC)cc1N. The van der Waals surface area contributed by atoms with Gasteiger partial charge in [0.25, 0.3) is 5.91 Å². The van der Waals surface area contributed by atoms with Gasteiger partial charge in [0, 0.05) is 18.2 Å². The minimum atomic E-state index is -3.54. The van der Waals surface area contributed by atoms with E-state index in [9.17, 15) is 13.2 Å². The van der Waals surface area contributed by atoms with Gasteiger partial charge in [-0.15, -0.1) is 0 Å². The van der Waals surface area contributed by atoms with Gasteiger partial charge in [-0.2, -0.15) is 0 Å². The molecule has 8 heteroatoms. The van der Waals surface area contributed by atoms with E-state index >= 15 is 0 Å². The summed E-state index contributed by atoms with van der Waals surface area (Å²) in [6.45, 7) is 2.52. The molecule has 1 aliphatic heterocycles. The van der Waals surface area contributed by atoms with E-state index in [1.54, 1.807) is 6.92 Å². The molecule has 3 rings (SSSR count). The van der Waals surface area contributed by atoms with E-state index in [2.05, 4.69) is 10.6 Å². The summed E-state index contributed by atoms with van der Waals surface area (Å²) in [6.07, 6.45) is 5.50. The molecule has 1 aromatic rings. The van der Waals surface area contributed by atoms with Crippen LogP contribution < -0.4 is 21.1 Å². The lowest BCUT2D eigenvalue weighted by Crippen LogP contribution is -2.47. The molecule has 0 bridgehead atoms. The van der Waals surface area contributed by atoms with Crippen molar-refractivity contribution in [3.05, 3.63) is 17.7 Å². The predicted octanol–water partition coefficient (Wildman–Crippen LogP) is 1.72. The van der Waals surface area contributed by atoms with Gasteiger partial charge >= 0.3 is 0 Å². The number of nitrogens with two attached hydrogens (primary N) is 1. The summed E-state index contributed by atoms with van der Waals surface area (Å²) in [5.41, 5.74) is 6.20. The number of benzene rings is 1. The minimum Gasteiger partial charge on any atom is -0.496 e. The van der Waals surface area contributed by atoms with Crippen molar-refractivity contribution >= 4 is 21.4 Å². The Hall–Kier alpha value is -1.80. The zero-order chi connectivity index (χ0) is 19.6. The summed E-state index contributed by atoms with van der Waals surface area (Å²) in [7, 11) is -2.09. The quantitative estimate of drug-likeness (QED) is 0.578. The number of carbonyl (C=O) groups is 1. The number of ether oxygens (including phenoxy) is 1. The lowest BCUT2D eigenvalue weighted by atomic mass is 9.99. The Morgan fingerprint density at radius 2 is 2.11 bits per heavy atom. The largest absolute Gasteiger partial charge is 0.496 e. The Morgan fingerprint density at radius 3 is 2.67 bits per heavy atom. The third-order valence-electron chi connectivity index (χ3n) is 5.48. The smallest absolute Gasteiger partial charge is 0.255 e. The van der Waals surface area contributed by atoms with Gasteiger partial charge in [-0.05, 0) is 37.8 Å². The van der Waals surface area contributed by atoms with E-state index in [1.165, 1.54) is 32.1 Å². The molecule has 2 unspecified atom stereocenters. The Balaban J connectivity index is 1.88. The van der Waals surface area contributed by atoms with Crippen LogP contribution in [0.25, 0.3) is 0 Å². The molecule has 0 radical (unpaired) electrons. The number of rotatable bonds is 8. The van der Waals surface area contributed by atoms with Crippen molar-refractivity contribution in [3.63, 3.8) is 0 Å². The van der Waals surface area contributed by atoms with Crippen LogP contribution >= 0.6 is 0 Å². The predicted molar refractivity (Wildman–Crippen MR) is 105 cm³/mol. The highest BCUT2D eigenvalue weighted by Crippen LogP contribution is 2.35. The number of sulfone groups is 1. The fraction of sp³-hybridized carbons (Fsp3) is 0.632. The lowest BCUT2D eigenvalue weighted by Gasteiger charge is -2.25. The minimum absolute atomic E-state index is 0.0197. The Labute approximate surface area is 161 Å². The molecule has 0 aromatic heterocycles. The molecule has 1 saturated heterocycles. The summed E-state index contributed by atoms with van der Waals surface area (Å²) in [4.78, 5) is 13.0. The summed E-state index contributed by atoms with van der Waals surface area (Å²) < 4.78 is 29.9. The number of nitrogens with one attached hydrogen (secondary N) is 2. The summed E-state index contributed by atoms with van der Waals surface area (Å²) in [5.74, 6) is 0.548. The van der Waals surface area contributed by atoms with Crippen LogP contribution in [0.1, 0.15) is 49.4 Å². The van der Waals surface area contributed by atoms with Crippen LogP contribution in [0.15, 0.2) is 17.0 Å². The second kappa shape index (κ2) is 8.06. The van der Waals surface area contributed by atoms with Gasteiger partial charge in [0.1, 0.15) is 5.75 Å². The van der Waals surface area contributed by atoms with Gasteiger partial charge in [-0.25, -0.2) is 8.42 Å². The number of nitrogen functional groups attached to an aromatic ring is 1. The highest BCUT2D eigenvalue weighted by atomic mass is 32.2. The first-order chi connectivity index (χ1) is 12.9. The van der Waals surface area contributed by atoms with Crippen LogP contribution in [0.3, 0.4) is 0 Å². The van der Waals surface area contributed by atoms with Gasteiger partial charge in [0.05, 0.1) is 29.0 Å². The van der Waals surface area contributed by atoms with Crippen LogP contribution in [0, 0.1) is 5.92 Å². The van der Waals surface area contributed by atoms with E-state index < -0.39 is 9.84 Å². The van der Waals surface area contributed by atoms with Crippen LogP contribution in [0.4, 0.5) is 5.69 Å². The summed E-state index contributed by atoms with van der Waals surface area (Å²) in [6, 6.07) is 3.05. The van der Waals surface area contributed by atoms with Crippen molar-refractivity contribution in [3.8, 4) is 5.75 Å². The van der Waals surface area contributed by atoms with Gasteiger partial charge in [0.15, 0.2) is 9.84 Å². The number of methoxy groups -OCH3 is 1. The first kappa shape index (κ1) is 19.9. The lowest BCUT2D eigenvalue weighted by molar-refractivity contribution is 0.0921. The van der Waals surface area contributed by atoms with E-state index in [4.69, 9.17) is 10.5 Å². The van der Waals surface area contributed by atoms with Crippen molar-refractivity contribution in [1.29, 1.82) is 0 Å². The Morgan fingerprint density at radius 1 is 1.37 bits per heavy atom. The fourth-order valence-corrected chi connectivity index (χ4v) is 4.71. The van der Waals surface area contributed by atoms with Crippen LogP contribution in [0.2, 0.25) is 0 Å². The van der Waals surface area contributed by atoms with Crippen LogP contribution in [0.5, 0.6) is 5.75 Å². The van der Waals surface area contributed by atoms with Crippen LogP contribution in [-0.4, -0.2) is 45.8 Å². The Bertz CT molecular complexity index is 799. The third-order valence-corrected chi connectivity index (χ3v) is 7.26. The maximum absolute atomic E-state index is 13.0. The van der Waals surface area contributed by atoms with Crippen LogP contribution in [-0.2, 0) is 9.84 Å². The molecule has 1 aromatic carbocycles. The molecular weight excluding hydrogens is 366 g/mol. The van der Waals surface area contributed by atoms with E-state index in [0.29, 0.717) is 5.92 Å². The third kappa shape index (κ3) is 4.55. The molecule has 1 heterocycles. The molecule has 2 atom stereocenters. The molecule has 27 heavy (non-hydrogen) atoms. The number of amides is 1. The van der Waals surface area contributed by atoms with Crippen molar-refractivity contribution in [2.45, 2.75) is 56.0 Å². The topological polar surface area (TPSA) is 111 Å². The molecule has 150 valence electrons. The number of hydrogen-bond acceptors (Lipinski definition) is 6. The standard InChI is InChI=1S/C19H29N3O4S/c1-3-27(24,25)18-10-13(17(26-2)11-14(18)20)19(23)22-16(9-12-6-7-12)15-5-4-8-21-15/h10-12,15-16,21H,3-9,20H2,1-2H3,(H,22,23). The highest BCUT2D eigenvalue weighted by Gasteiger charge is 2.33. The molecule has 0 spiro atoms. The molecular formula is C19H29N3O4S. The number of hydrogen-bond donors (Lipinski definition) is 3. The zero-order valence-corrected chi connectivity index (χ0v) is 16.8. The molecule has 1 saturated carbocycles. The summed E-state index contributed by atoms with van der Waals surface area (Å²) in [5, 5.41) is 6.59. The molecule has 1 aliphatic carbocycles. The monoisotopic (exact) mass is 395 g/mol. The number of anilines is 1. The van der Waals surface area contributed by atoms with Crippen molar-refractivity contribution < 1.29 is 17.9 Å². The molecule has 2 fully saturated rings. The maximum atomic E-state index is 13.0. The van der Waals surface area contributed by atoms with E-state index in [1.807, 2.05) is 0 Å². The molecule has 1 amide bonds. The van der Waals surface area contributed by atoms with Crippen molar-refractivity contribution in [2.24, 2.45) is 5.92 Å². The van der Waals surface area contributed by atoms with Crippen molar-refractivity contribution in [1.82, 2.24) is 10.6 Å². The summed E-state index contributed by atoms with van der Waals surface area (Å²) >= 11 is 0. The number of carbonyl (C=O) groups excluding carboxylic acids is 1. The maximum Gasteiger partial charge on any atom is 0.255 e. The van der Waals surface area contributed by atoms with Gasteiger partial charge in [0.2, 0.25) is 0 Å². The average Bonchev–Trinajstić information content (AvgIpc) is 3.29. The zero-order valence-electron chi connectivity index (χ0n) is 16.0. The molecule has 2 aliphatic rings. The fourth-order valence-electron chi connectivity index (χ4n) is 3.68. The average molecular weight is 396 g/mol. The van der Waals surface area contributed by atoms with E-state index in [0.717, 1.165) is 25.8 Å². The highest BCUT2D eigenvalue weighted by molar-refractivity contribution is 7.91. The second-order valence-corrected chi connectivity index (χ2v) is 9.70. The van der Waals surface area contributed by atoms with Gasteiger partial charge in [-0.1, -0.05) is 19.8 Å². The molecule has 7 nitrogen and oxygen atoms in total. The van der Waals surface area contributed by atoms with E-state index in [-0.39, 0.29) is 45.6 Å². The molecule has 4 N–H and O–H groups in total.